The van der Waals surface area contributed by atoms with Gasteiger partial charge in [0.2, 0.25) is 5.91 Å². The van der Waals surface area contributed by atoms with Crippen molar-refractivity contribution >= 4 is 11.6 Å². The number of amides is 1. The van der Waals surface area contributed by atoms with E-state index in [-0.39, 0.29) is 11.6 Å². The van der Waals surface area contributed by atoms with Gasteiger partial charge in [-0.15, -0.1) is 0 Å². The number of primary amides is 1. The molecule has 0 atom stereocenters. The Labute approximate surface area is 106 Å². The number of nitro benzene ring substituents is 1. The molecule has 0 bridgehead atoms. The van der Waals surface area contributed by atoms with Gasteiger partial charge in [-0.05, 0) is 18.1 Å². The molecule has 0 saturated heterocycles. The van der Waals surface area contributed by atoms with Crippen LogP contribution in [0.2, 0.25) is 0 Å². The monoisotopic (exact) mass is 254 g/mol. The van der Waals surface area contributed by atoms with Gasteiger partial charge in [0.15, 0.2) is 0 Å². The Morgan fingerprint density at radius 1 is 1.50 bits per heavy atom. The molecule has 0 aromatic heterocycles. The summed E-state index contributed by atoms with van der Waals surface area (Å²) in [6.45, 7) is 4.04. The van der Waals surface area contributed by atoms with Crippen molar-refractivity contribution in [3.63, 3.8) is 0 Å². The summed E-state index contributed by atoms with van der Waals surface area (Å²) >= 11 is 0. The Hall–Kier alpha value is -1.95. The molecule has 1 aromatic carbocycles. The Morgan fingerprint density at radius 3 is 2.44 bits per heavy atom. The first-order valence-electron chi connectivity index (χ1n) is 5.43. The van der Waals surface area contributed by atoms with Crippen LogP contribution in [0.5, 0.6) is 0 Å². The highest BCUT2D eigenvalue weighted by Gasteiger charge is 2.07. The van der Waals surface area contributed by atoms with Gasteiger partial charge in [-0.2, -0.15) is 0 Å². The van der Waals surface area contributed by atoms with Gasteiger partial charge in [-0.1, -0.05) is 13.0 Å². The molecule has 2 N–H and O–H groups in total. The molecule has 1 amide bonds. The van der Waals surface area contributed by atoms with Crippen LogP contribution in [0.1, 0.15) is 24.5 Å². The molecule has 0 unspecified atom stereocenters. The number of hydrogen-bond acceptors (Lipinski definition) is 4. The number of rotatable bonds is 4. The SMILES string of the molecule is CCC(N)=O.COCc1cc([N+](=O)[O-])ccc1C. The number of methoxy groups -OCH3 is 1. The molecule has 0 spiro atoms. The smallest absolute Gasteiger partial charge is 0.269 e. The number of hydrogen-bond donors (Lipinski definition) is 1. The standard InChI is InChI=1S/C9H11NO3.C3H7NO/c1-7-3-4-9(10(11)12)5-8(7)6-13-2;1-2-3(4)5/h3-5H,6H2,1-2H3;2H2,1H3,(H2,4,5). The maximum Gasteiger partial charge on any atom is 0.269 e. The summed E-state index contributed by atoms with van der Waals surface area (Å²) in [6.07, 6.45) is 0.444. The van der Waals surface area contributed by atoms with Gasteiger partial charge in [-0.3, -0.25) is 14.9 Å². The second-order valence-corrected chi connectivity index (χ2v) is 3.62. The molecule has 0 aliphatic heterocycles. The number of aryl methyl sites for hydroxylation is 1. The van der Waals surface area contributed by atoms with Crippen molar-refractivity contribution in [3.8, 4) is 0 Å². The Kier molecular flexibility index (Phi) is 7.30. The summed E-state index contributed by atoms with van der Waals surface area (Å²) in [7, 11) is 1.57. The Balaban J connectivity index is 0.000000494. The molecule has 0 saturated carbocycles. The first-order chi connectivity index (χ1) is 8.42. The van der Waals surface area contributed by atoms with E-state index in [1.54, 1.807) is 26.2 Å². The fraction of sp³-hybridized carbons (Fsp3) is 0.417. The van der Waals surface area contributed by atoms with E-state index < -0.39 is 4.92 Å². The van der Waals surface area contributed by atoms with Crippen LogP contribution >= 0.6 is 0 Å². The lowest BCUT2D eigenvalue weighted by Gasteiger charge is -2.03. The number of non-ortho nitro benzene ring substituents is 1. The van der Waals surface area contributed by atoms with Gasteiger partial charge < -0.3 is 10.5 Å². The summed E-state index contributed by atoms with van der Waals surface area (Å²) in [5.41, 5.74) is 6.63. The topological polar surface area (TPSA) is 95.5 Å². The lowest BCUT2D eigenvalue weighted by molar-refractivity contribution is -0.385. The predicted molar refractivity (Wildman–Crippen MR) is 68.0 cm³/mol. The van der Waals surface area contributed by atoms with Gasteiger partial charge in [0.1, 0.15) is 0 Å². The number of nitrogens with zero attached hydrogens (tertiary/aromatic N) is 1. The van der Waals surface area contributed by atoms with Crippen LogP contribution in [0.4, 0.5) is 5.69 Å². The van der Waals surface area contributed by atoms with Crippen molar-refractivity contribution in [3.05, 3.63) is 39.4 Å². The van der Waals surface area contributed by atoms with Gasteiger partial charge in [0.05, 0.1) is 11.5 Å². The zero-order valence-corrected chi connectivity index (χ0v) is 10.8. The van der Waals surface area contributed by atoms with Crippen molar-refractivity contribution in [2.24, 2.45) is 5.73 Å². The highest BCUT2D eigenvalue weighted by molar-refractivity contribution is 5.73. The molecular formula is C12H18N2O4. The highest BCUT2D eigenvalue weighted by atomic mass is 16.6. The largest absolute Gasteiger partial charge is 0.380 e. The second kappa shape index (κ2) is 8.19. The molecule has 6 nitrogen and oxygen atoms in total. The second-order valence-electron chi connectivity index (χ2n) is 3.62. The summed E-state index contributed by atoms with van der Waals surface area (Å²) in [5.74, 6) is -0.245. The zero-order chi connectivity index (χ0) is 14.1. The average Bonchev–Trinajstić information content (AvgIpc) is 2.32. The molecule has 1 rings (SSSR count). The van der Waals surface area contributed by atoms with E-state index in [0.29, 0.717) is 13.0 Å². The van der Waals surface area contributed by atoms with Crippen LogP contribution in [0.25, 0.3) is 0 Å². The van der Waals surface area contributed by atoms with Gasteiger partial charge in [-0.25, -0.2) is 0 Å². The van der Waals surface area contributed by atoms with E-state index in [1.165, 1.54) is 6.07 Å². The summed E-state index contributed by atoms with van der Waals surface area (Å²) in [6, 6.07) is 4.76. The van der Waals surface area contributed by atoms with Crippen LogP contribution in [-0.4, -0.2) is 17.9 Å². The maximum atomic E-state index is 10.4. The van der Waals surface area contributed by atoms with E-state index >= 15 is 0 Å². The van der Waals surface area contributed by atoms with Gasteiger partial charge >= 0.3 is 0 Å². The number of ether oxygens (including phenoxy) is 1. The molecule has 6 heteroatoms. The predicted octanol–water partition coefficient (Wildman–Crippen LogP) is 1.93. The van der Waals surface area contributed by atoms with E-state index in [9.17, 15) is 14.9 Å². The van der Waals surface area contributed by atoms with Crippen LogP contribution in [-0.2, 0) is 16.1 Å². The molecule has 0 aliphatic carbocycles. The molecular weight excluding hydrogens is 236 g/mol. The molecule has 0 radical (unpaired) electrons. The molecule has 1 aromatic rings. The number of benzene rings is 1. The minimum absolute atomic E-state index is 0.109. The number of carbonyl (C=O) groups is 1. The number of carbonyl (C=O) groups excluding carboxylic acids is 1. The van der Waals surface area contributed by atoms with Crippen LogP contribution in [0, 0.1) is 17.0 Å². The van der Waals surface area contributed by atoms with Gasteiger partial charge in [0, 0.05) is 25.7 Å². The van der Waals surface area contributed by atoms with Crippen molar-refractivity contribution in [2.45, 2.75) is 26.9 Å². The highest BCUT2D eigenvalue weighted by Crippen LogP contribution is 2.17. The first-order valence-corrected chi connectivity index (χ1v) is 5.43. The van der Waals surface area contributed by atoms with Crippen LogP contribution < -0.4 is 5.73 Å². The summed E-state index contributed by atoms with van der Waals surface area (Å²) in [4.78, 5) is 19.6. The molecule has 0 heterocycles. The normalized spacial score (nSPS) is 9.28. The van der Waals surface area contributed by atoms with Crippen molar-refractivity contribution in [1.29, 1.82) is 0 Å². The lowest BCUT2D eigenvalue weighted by Crippen LogP contribution is -2.06. The number of nitrogens with two attached hydrogens (primary N) is 1. The number of nitro groups is 1. The summed E-state index contributed by atoms with van der Waals surface area (Å²) in [5, 5.41) is 10.4. The third kappa shape index (κ3) is 5.95. The van der Waals surface area contributed by atoms with Gasteiger partial charge in [0.25, 0.3) is 5.69 Å². The van der Waals surface area contributed by atoms with E-state index in [1.807, 2.05) is 6.92 Å². The first kappa shape index (κ1) is 16.1. The molecule has 0 fully saturated rings. The fourth-order valence-electron chi connectivity index (χ4n) is 1.08. The molecule has 0 aliphatic rings. The summed E-state index contributed by atoms with van der Waals surface area (Å²) < 4.78 is 4.92. The van der Waals surface area contributed by atoms with E-state index in [2.05, 4.69) is 5.73 Å². The average molecular weight is 254 g/mol. The maximum absolute atomic E-state index is 10.4. The quantitative estimate of drug-likeness (QED) is 0.656. The van der Waals surface area contributed by atoms with E-state index in [4.69, 9.17) is 4.74 Å². The van der Waals surface area contributed by atoms with Crippen LogP contribution in [0.15, 0.2) is 18.2 Å². The third-order valence-electron chi connectivity index (χ3n) is 2.19. The Morgan fingerprint density at radius 2 is 2.06 bits per heavy atom. The minimum atomic E-state index is -0.404. The van der Waals surface area contributed by atoms with Crippen molar-refractivity contribution in [1.82, 2.24) is 0 Å². The third-order valence-corrected chi connectivity index (χ3v) is 2.19. The minimum Gasteiger partial charge on any atom is -0.380 e. The Bertz CT molecular complexity index is 419. The van der Waals surface area contributed by atoms with E-state index in [0.717, 1.165) is 11.1 Å². The molecule has 18 heavy (non-hydrogen) atoms. The molecule has 100 valence electrons. The zero-order valence-electron chi connectivity index (χ0n) is 10.8. The lowest BCUT2D eigenvalue weighted by atomic mass is 10.1. The van der Waals surface area contributed by atoms with Crippen LogP contribution in [0.3, 0.4) is 0 Å². The fourth-order valence-corrected chi connectivity index (χ4v) is 1.08. The van der Waals surface area contributed by atoms with Crippen molar-refractivity contribution in [2.75, 3.05) is 7.11 Å². The van der Waals surface area contributed by atoms with Crippen molar-refractivity contribution < 1.29 is 14.5 Å².